The molecule has 2 aromatic rings. The molecule has 28 heavy (non-hydrogen) atoms. The van der Waals surface area contributed by atoms with Crippen LogP contribution in [0.4, 0.5) is 5.69 Å². The minimum Gasteiger partial charge on any atom is -0.495 e. The molecule has 0 spiro atoms. The molecule has 0 atom stereocenters. The molecule has 6 heteroatoms. The van der Waals surface area contributed by atoms with E-state index in [1.807, 2.05) is 19.9 Å². The van der Waals surface area contributed by atoms with Crippen molar-refractivity contribution in [3.63, 3.8) is 0 Å². The number of carbonyl (C=O) groups excluding carboxylic acids is 1. The van der Waals surface area contributed by atoms with Gasteiger partial charge >= 0.3 is 0 Å². The molecule has 0 aliphatic rings. The number of nitrogen functional groups attached to an aromatic ring is 1. The molecule has 0 amide bonds. The average molecular weight is 385 g/mol. The summed E-state index contributed by atoms with van der Waals surface area (Å²) < 4.78 is 21.3. The Morgan fingerprint density at radius 2 is 1.46 bits per heavy atom. The lowest BCUT2D eigenvalue weighted by Crippen LogP contribution is -2.10. The van der Waals surface area contributed by atoms with Crippen molar-refractivity contribution in [2.24, 2.45) is 5.92 Å². The van der Waals surface area contributed by atoms with Gasteiger partial charge in [0.15, 0.2) is 17.3 Å². The van der Waals surface area contributed by atoms with Crippen molar-refractivity contribution in [3.8, 4) is 23.0 Å². The predicted molar refractivity (Wildman–Crippen MR) is 111 cm³/mol. The number of ether oxygens (including phenoxy) is 4. The minimum absolute atomic E-state index is 0.00471. The molecule has 0 heterocycles. The Balaban J connectivity index is 2.53. The maximum Gasteiger partial charge on any atom is 0.203 e. The van der Waals surface area contributed by atoms with Crippen LogP contribution >= 0.6 is 0 Å². The first kappa shape index (κ1) is 21.2. The van der Waals surface area contributed by atoms with E-state index < -0.39 is 0 Å². The van der Waals surface area contributed by atoms with Crippen molar-refractivity contribution in [1.82, 2.24) is 0 Å². The number of hydrogen-bond donors (Lipinski definition) is 1. The van der Waals surface area contributed by atoms with Crippen LogP contribution in [-0.2, 0) is 0 Å². The summed E-state index contributed by atoms with van der Waals surface area (Å²) in [4.78, 5) is 13.1. The Bertz CT molecular complexity index is 861. The van der Waals surface area contributed by atoms with E-state index in [1.54, 1.807) is 51.7 Å². The van der Waals surface area contributed by atoms with E-state index >= 15 is 0 Å². The Kier molecular flexibility index (Phi) is 6.93. The molecule has 0 saturated carbocycles. The predicted octanol–water partition coefficient (Wildman–Crippen LogP) is 4.23. The fraction of sp³-hybridized carbons (Fsp3) is 0.318. The standard InChI is InChI=1S/C22H27NO5/c1-13(2)16(21(24)15-7-8-18(25-3)17(23)12-15)9-14-10-19(26-4)22(28-6)20(11-14)27-5/h7-13H,23H2,1-6H3/b16-9+. The fourth-order valence-corrected chi connectivity index (χ4v) is 2.90. The number of nitrogens with two attached hydrogens (primary N) is 1. The van der Waals surface area contributed by atoms with Crippen molar-refractivity contribution in [1.29, 1.82) is 0 Å². The van der Waals surface area contributed by atoms with Crippen LogP contribution in [-0.4, -0.2) is 34.2 Å². The van der Waals surface area contributed by atoms with Crippen molar-refractivity contribution in [2.45, 2.75) is 13.8 Å². The van der Waals surface area contributed by atoms with Gasteiger partial charge in [0, 0.05) is 11.1 Å². The van der Waals surface area contributed by atoms with Gasteiger partial charge in [0.2, 0.25) is 5.75 Å². The van der Waals surface area contributed by atoms with Gasteiger partial charge in [0.25, 0.3) is 0 Å². The summed E-state index contributed by atoms with van der Waals surface area (Å²) in [5.41, 5.74) is 8.30. The molecular formula is C22H27NO5. The lowest BCUT2D eigenvalue weighted by molar-refractivity contribution is 0.102. The molecule has 0 unspecified atom stereocenters. The van der Waals surface area contributed by atoms with Crippen LogP contribution in [0.2, 0.25) is 0 Å². The second kappa shape index (κ2) is 9.17. The number of ketones is 1. The summed E-state index contributed by atoms with van der Waals surface area (Å²) in [6, 6.07) is 8.65. The first-order valence-corrected chi connectivity index (χ1v) is 8.86. The second-order valence-electron chi connectivity index (χ2n) is 6.50. The monoisotopic (exact) mass is 385 g/mol. The molecule has 0 aliphatic carbocycles. The van der Waals surface area contributed by atoms with Crippen LogP contribution in [0.15, 0.2) is 35.9 Å². The number of methoxy groups -OCH3 is 4. The Labute approximate surface area is 165 Å². The second-order valence-corrected chi connectivity index (χ2v) is 6.50. The largest absolute Gasteiger partial charge is 0.495 e. The number of anilines is 1. The van der Waals surface area contributed by atoms with Crippen molar-refractivity contribution >= 4 is 17.5 Å². The van der Waals surface area contributed by atoms with E-state index in [4.69, 9.17) is 24.7 Å². The molecule has 0 aliphatic heterocycles. The number of benzene rings is 2. The number of carbonyl (C=O) groups is 1. The number of rotatable bonds is 8. The van der Waals surface area contributed by atoms with Crippen molar-refractivity contribution in [2.75, 3.05) is 34.2 Å². The van der Waals surface area contributed by atoms with E-state index in [1.165, 1.54) is 7.11 Å². The molecule has 2 rings (SSSR count). The molecule has 2 N–H and O–H groups in total. The van der Waals surface area contributed by atoms with Crippen LogP contribution in [0.3, 0.4) is 0 Å². The average Bonchev–Trinajstić information content (AvgIpc) is 2.70. The maximum atomic E-state index is 13.1. The highest BCUT2D eigenvalue weighted by atomic mass is 16.5. The first-order chi connectivity index (χ1) is 13.4. The lowest BCUT2D eigenvalue weighted by atomic mass is 9.92. The molecule has 0 aromatic heterocycles. The van der Waals surface area contributed by atoms with Gasteiger partial charge in [-0.15, -0.1) is 0 Å². The molecule has 0 radical (unpaired) electrons. The third-order valence-electron chi connectivity index (χ3n) is 4.39. The number of Topliss-reactive ketones (excluding diaryl/α,β-unsaturated/α-hetero) is 1. The highest BCUT2D eigenvalue weighted by Crippen LogP contribution is 2.39. The maximum absolute atomic E-state index is 13.1. The van der Waals surface area contributed by atoms with Crippen LogP contribution < -0.4 is 24.7 Å². The van der Waals surface area contributed by atoms with Gasteiger partial charge in [-0.05, 0) is 47.9 Å². The topological polar surface area (TPSA) is 80.0 Å². The van der Waals surface area contributed by atoms with E-state index in [0.717, 1.165) is 5.56 Å². The number of hydrogen-bond acceptors (Lipinski definition) is 6. The van der Waals surface area contributed by atoms with Crippen LogP contribution in [0.1, 0.15) is 29.8 Å². The highest BCUT2D eigenvalue weighted by Gasteiger charge is 2.19. The van der Waals surface area contributed by atoms with Crippen molar-refractivity contribution < 1.29 is 23.7 Å². The van der Waals surface area contributed by atoms with Gasteiger partial charge in [-0.1, -0.05) is 13.8 Å². The summed E-state index contributed by atoms with van der Waals surface area (Å²) in [6.45, 7) is 3.93. The summed E-state index contributed by atoms with van der Waals surface area (Å²) in [6.07, 6.45) is 1.83. The van der Waals surface area contributed by atoms with E-state index in [0.29, 0.717) is 39.8 Å². The first-order valence-electron chi connectivity index (χ1n) is 8.86. The SMILES string of the molecule is COc1ccc(C(=O)/C(=C/c2cc(OC)c(OC)c(OC)c2)C(C)C)cc1N. The smallest absolute Gasteiger partial charge is 0.203 e. The van der Waals surface area contributed by atoms with Gasteiger partial charge < -0.3 is 24.7 Å². The summed E-state index contributed by atoms with van der Waals surface area (Å²) >= 11 is 0. The molecule has 6 nitrogen and oxygen atoms in total. The fourth-order valence-electron chi connectivity index (χ4n) is 2.90. The molecular weight excluding hydrogens is 358 g/mol. The lowest BCUT2D eigenvalue weighted by Gasteiger charge is -2.15. The summed E-state index contributed by atoms with van der Waals surface area (Å²) in [5.74, 6) is 1.99. The molecule has 0 bridgehead atoms. The summed E-state index contributed by atoms with van der Waals surface area (Å²) in [5, 5.41) is 0. The Morgan fingerprint density at radius 1 is 0.893 bits per heavy atom. The van der Waals surface area contributed by atoms with E-state index in [2.05, 4.69) is 0 Å². The van der Waals surface area contributed by atoms with E-state index in [-0.39, 0.29) is 11.7 Å². The molecule has 0 saturated heterocycles. The summed E-state index contributed by atoms with van der Waals surface area (Å²) in [7, 11) is 6.20. The molecule has 150 valence electrons. The van der Waals surface area contributed by atoms with Gasteiger partial charge in [0.1, 0.15) is 5.75 Å². The van der Waals surface area contributed by atoms with Crippen LogP contribution in [0, 0.1) is 5.92 Å². The zero-order valence-corrected chi connectivity index (χ0v) is 17.2. The molecule has 0 fully saturated rings. The highest BCUT2D eigenvalue weighted by molar-refractivity contribution is 6.12. The van der Waals surface area contributed by atoms with Crippen LogP contribution in [0.25, 0.3) is 6.08 Å². The Morgan fingerprint density at radius 3 is 1.89 bits per heavy atom. The minimum atomic E-state index is -0.0990. The molecule has 2 aromatic carbocycles. The van der Waals surface area contributed by atoms with Crippen LogP contribution in [0.5, 0.6) is 23.0 Å². The van der Waals surface area contributed by atoms with Gasteiger partial charge in [-0.3, -0.25) is 4.79 Å². The van der Waals surface area contributed by atoms with Gasteiger partial charge in [-0.2, -0.15) is 0 Å². The van der Waals surface area contributed by atoms with Crippen molar-refractivity contribution in [3.05, 3.63) is 47.0 Å². The third kappa shape index (κ3) is 4.39. The zero-order chi connectivity index (χ0) is 20.8. The zero-order valence-electron chi connectivity index (χ0n) is 17.2. The Hall–Kier alpha value is -3.15. The van der Waals surface area contributed by atoms with E-state index in [9.17, 15) is 4.79 Å². The number of allylic oxidation sites excluding steroid dienone is 1. The third-order valence-corrected chi connectivity index (χ3v) is 4.39. The normalized spacial score (nSPS) is 11.3. The quantitative estimate of drug-likeness (QED) is 0.416. The van der Waals surface area contributed by atoms with Gasteiger partial charge in [0.05, 0.1) is 34.1 Å². The van der Waals surface area contributed by atoms with Gasteiger partial charge in [-0.25, -0.2) is 0 Å².